The second-order valence-corrected chi connectivity index (χ2v) is 5.55. The second kappa shape index (κ2) is 5.88. The van der Waals surface area contributed by atoms with Crippen LogP contribution in [0.4, 0.5) is 11.4 Å². The van der Waals surface area contributed by atoms with Crippen LogP contribution in [0, 0.1) is 0 Å². The van der Waals surface area contributed by atoms with Crippen LogP contribution in [-0.4, -0.2) is 18.7 Å². The minimum absolute atomic E-state index is 0.0405. The Morgan fingerprint density at radius 1 is 1.00 bits per heavy atom. The van der Waals surface area contributed by atoms with Crippen LogP contribution in [0.3, 0.4) is 0 Å². The lowest BCUT2D eigenvalue weighted by atomic mass is 10.2. The SMILES string of the molecule is NC(N)=N/N=C/CN1c2ccccc2Sc2ccccc21. The molecule has 0 saturated carbocycles. The van der Waals surface area contributed by atoms with Crippen molar-refractivity contribution >= 4 is 35.3 Å². The van der Waals surface area contributed by atoms with Gasteiger partial charge in [-0.1, -0.05) is 36.0 Å². The van der Waals surface area contributed by atoms with E-state index in [1.807, 2.05) is 24.3 Å². The molecule has 2 aromatic rings. The minimum Gasteiger partial charge on any atom is -0.369 e. The van der Waals surface area contributed by atoms with Crippen LogP contribution in [0.1, 0.15) is 0 Å². The summed E-state index contributed by atoms with van der Waals surface area (Å²) >= 11 is 1.78. The van der Waals surface area contributed by atoms with Crippen LogP contribution in [0.15, 0.2) is 68.5 Å². The topological polar surface area (TPSA) is 80.0 Å². The predicted octanol–water partition coefficient (Wildman–Crippen LogP) is 2.55. The molecule has 0 radical (unpaired) electrons. The molecule has 21 heavy (non-hydrogen) atoms. The molecule has 3 rings (SSSR count). The van der Waals surface area contributed by atoms with E-state index in [9.17, 15) is 0 Å². The lowest BCUT2D eigenvalue weighted by Gasteiger charge is -2.31. The summed E-state index contributed by atoms with van der Waals surface area (Å²) in [6.07, 6.45) is 1.70. The molecule has 1 aliphatic rings. The Kier molecular flexibility index (Phi) is 3.79. The van der Waals surface area contributed by atoms with Crippen molar-refractivity contribution in [2.75, 3.05) is 11.4 Å². The Balaban J connectivity index is 1.95. The zero-order valence-corrected chi connectivity index (χ0v) is 12.1. The Morgan fingerprint density at radius 3 is 2.14 bits per heavy atom. The van der Waals surface area contributed by atoms with Gasteiger partial charge < -0.3 is 16.4 Å². The zero-order chi connectivity index (χ0) is 14.7. The second-order valence-electron chi connectivity index (χ2n) is 4.47. The predicted molar refractivity (Wildman–Crippen MR) is 88.3 cm³/mol. The maximum atomic E-state index is 5.26. The molecule has 0 aromatic heterocycles. The standard InChI is InChI=1S/C15H15N5S/c16-15(17)19-18-9-10-20-11-5-1-3-7-13(11)21-14-8-4-2-6-12(14)20/h1-9H,10H2,(H4,16,17,19)/b18-9+. The highest BCUT2D eigenvalue weighted by atomic mass is 32.2. The van der Waals surface area contributed by atoms with Crippen LogP contribution in [0.2, 0.25) is 0 Å². The van der Waals surface area contributed by atoms with E-state index in [-0.39, 0.29) is 5.96 Å². The van der Waals surface area contributed by atoms with Gasteiger partial charge in [0.1, 0.15) is 0 Å². The highest BCUT2D eigenvalue weighted by Gasteiger charge is 2.21. The van der Waals surface area contributed by atoms with Crippen LogP contribution in [-0.2, 0) is 0 Å². The Hall–Kier alpha value is -2.47. The van der Waals surface area contributed by atoms with Crippen molar-refractivity contribution in [3.8, 4) is 0 Å². The van der Waals surface area contributed by atoms with Gasteiger partial charge in [-0.05, 0) is 24.3 Å². The van der Waals surface area contributed by atoms with Gasteiger partial charge >= 0.3 is 0 Å². The fourth-order valence-corrected chi connectivity index (χ4v) is 3.30. The molecule has 4 N–H and O–H groups in total. The van der Waals surface area contributed by atoms with E-state index in [2.05, 4.69) is 39.4 Å². The summed E-state index contributed by atoms with van der Waals surface area (Å²) in [7, 11) is 0. The first kappa shape index (κ1) is 13.5. The average Bonchev–Trinajstić information content (AvgIpc) is 2.50. The normalized spacial score (nSPS) is 12.9. The van der Waals surface area contributed by atoms with Crippen molar-refractivity contribution in [3.63, 3.8) is 0 Å². The summed E-state index contributed by atoms with van der Waals surface area (Å²) in [6, 6.07) is 16.6. The Labute approximate surface area is 127 Å². The molecule has 6 heteroatoms. The van der Waals surface area contributed by atoms with Gasteiger partial charge in [0, 0.05) is 16.0 Å². The molecule has 0 bridgehead atoms. The van der Waals surface area contributed by atoms with Crippen molar-refractivity contribution in [2.24, 2.45) is 21.7 Å². The van der Waals surface area contributed by atoms with E-state index in [4.69, 9.17) is 11.5 Å². The van der Waals surface area contributed by atoms with Crippen LogP contribution >= 0.6 is 11.8 Å². The number of nitrogens with zero attached hydrogens (tertiary/aromatic N) is 3. The van der Waals surface area contributed by atoms with Gasteiger partial charge in [0.2, 0.25) is 5.96 Å². The van der Waals surface area contributed by atoms with Gasteiger partial charge in [-0.15, -0.1) is 5.10 Å². The van der Waals surface area contributed by atoms with E-state index in [1.54, 1.807) is 18.0 Å². The van der Waals surface area contributed by atoms with Gasteiger partial charge in [-0.25, -0.2) is 0 Å². The van der Waals surface area contributed by atoms with Crippen molar-refractivity contribution in [2.45, 2.75) is 9.79 Å². The first-order chi connectivity index (χ1) is 10.3. The number of nitrogens with two attached hydrogens (primary N) is 2. The first-order valence-corrected chi connectivity index (χ1v) is 7.31. The van der Waals surface area contributed by atoms with Gasteiger partial charge in [0.05, 0.1) is 17.9 Å². The van der Waals surface area contributed by atoms with Crippen LogP contribution in [0.5, 0.6) is 0 Å². The van der Waals surface area contributed by atoms with Crippen molar-refractivity contribution in [1.29, 1.82) is 0 Å². The number of fused-ring (bicyclic) bond motifs is 2. The lowest BCUT2D eigenvalue weighted by Crippen LogP contribution is -2.23. The highest BCUT2D eigenvalue weighted by molar-refractivity contribution is 7.99. The quantitative estimate of drug-likeness (QED) is 0.518. The van der Waals surface area contributed by atoms with Crippen molar-refractivity contribution in [3.05, 3.63) is 48.5 Å². The van der Waals surface area contributed by atoms with E-state index in [1.165, 1.54) is 9.79 Å². The number of anilines is 2. The fraction of sp³-hybridized carbons (Fsp3) is 0.0667. The smallest absolute Gasteiger partial charge is 0.211 e. The maximum absolute atomic E-state index is 5.26. The first-order valence-electron chi connectivity index (χ1n) is 6.49. The molecular weight excluding hydrogens is 282 g/mol. The van der Waals surface area contributed by atoms with Crippen LogP contribution in [0.25, 0.3) is 0 Å². The number of rotatable bonds is 3. The van der Waals surface area contributed by atoms with Crippen LogP contribution < -0.4 is 16.4 Å². The van der Waals surface area contributed by atoms with Gasteiger partial charge in [-0.3, -0.25) is 0 Å². The molecule has 0 unspecified atom stereocenters. The van der Waals surface area contributed by atoms with Gasteiger partial charge in [0.25, 0.3) is 0 Å². The Bertz CT molecular complexity index is 661. The number of hydrogen-bond donors (Lipinski definition) is 2. The fourth-order valence-electron chi connectivity index (χ4n) is 2.20. The largest absolute Gasteiger partial charge is 0.369 e. The van der Waals surface area contributed by atoms with Crippen molar-refractivity contribution in [1.82, 2.24) is 0 Å². The van der Waals surface area contributed by atoms with E-state index in [0.717, 1.165) is 11.4 Å². The molecule has 5 nitrogen and oxygen atoms in total. The summed E-state index contributed by atoms with van der Waals surface area (Å²) in [4.78, 5) is 4.66. The summed E-state index contributed by atoms with van der Waals surface area (Å²) in [5.74, 6) is -0.0405. The molecule has 0 amide bonds. The van der Waals surface area contributed by atoms with Crippen molar-refractivity contribution < 1.29 is 0 Å². The number of hydrogen-bond acceptors (Lipinski definition) is 4. The third kappa shape index (κ3) is 2.85. The lowest BCUT2D eigenvalue weighted by molar-refractivity contribution is 1.06. The molecule has 0 fully saturated rings. The summed E-state index contributed by atoms with van der Waals surface area (Å²) in [6.45, 7) is 0.603. The van der Waals surface area contributed by atoms with Gasteiger partial charge in [0.15, 0.2) is 0 Å². The molecule has 0 saturated heterocycles. The zero-order valence-electron chi connectivity index (χ0n) is 11.3. The summed E-state index contributed by atoms with van der Waals surface area (Å²) < 4.78 is 0. The van der Waals surface area contributed by atoms with E-state index in [0.29, 0.717) is 6.54 Å². The van der Waals surface area contributed by atoms with E-state index >= 15 is 0 Å². The van der Waals surface area contributed by atoms with Gasteiger partial charge in [-0.2, -0.15) is 5.10 Å². The summed E-state index contributed by atoms with van der Waals surface area (Å²) in [5.41, 5.74) is 12.9. The van der Waals surface area contributed by atoms with E-state index < -0.39 is 0 Å². The highest BCUT2D eigenvalue weighted by Crippen LogP contribution is 2.47. The third-order valence-electron chi connectivity index (χ3n) is 3.05. The Morgan fingerprint density at radius 2 is 1.57 bits per heavy atom. The molecule has 0 spiro atoms. The number of para-hydroxylation sites is 2. The molecule has 1 aliphatic heterocycles. The minimum atomic E-state index is -0.0405. The summed E-state index contributed by atoms with van der Waals surface area (Å²) in [5, 5.41) is 7.51. The maximum Gasteiger partial charge on any atom is 0.211 e. The molecule has 2 aromatic carbocycles. The number of guanidine groups is 1. The molecule has 0 aliphatic carbocycles. The monoisotopic (exact) mass is 297 g/mol. The molecule has 1 heterocycles. The number of benzene rings is 2. The average molecular weight is 297 g/mol. The third-order valence-corrected chi connectivity index (χ3v) is 4.18. The molecule has 106 valence electrons. The molecular formula is C15H15N5S. The molecule has 0 atom stereocenters.